The number of hydrazone groups is 1. The summed E-state index contributed by atoms with van der Waals surface area (Å²) in [5.41, 5.74) is 6.64. The summed E-state index contributed by atoms with van der Waals surface area (Å²) >= 11 is 0. The normalized spacial score (nSPS) is 11.0. The van der Waals surface area contributed by atoms with Gasteiger partial charge in [0, 0.05) is 0 Å². The number of nitrogens with one attached hydrogen (secondary N) is 1. The van der Waals surface area contributed by atoms with Gasteiger partial charge in [-0.25, -0.2) is 5.43 Å². The van der Waals surface area contributed by atoms with Crippen LogP contribution in [-0.4, -0.2) is 18.7 Å². The van der Waals surface area contributed by atoms with Crippen LogP contribution < -0.4 is 14.9 Å². The molecular weight excluding hydrogens is 388 g/mol. The van der Waals surface area contributed by atoms with E-state index in [2.05, 4.69) is 24.4 Å². The second-order valence-corrected chi connectivity index (χ2v) is 7.62. The quantitative estimate of drug-likeness (QED) is 0.384. The van der Waals surface area contributed by atoms with Crippen LogP contribution in [0.4, 0.5) is 0 Å². The molecule has 1 N–H and O–H groups in total. The highest BCUT2D eigenvalue weighted by Crippen LogP contribution is 2.27. The summed E-state index contributed by atoms with van der Waals surface area (Å²) in [6, 6.07) is 23.6. The van der Waals surface area contributed by atoms with Crippen molar-refractivity contribution in [1.82, 2.24) is 5.43 Å². The van der Waals surface area contributed by atoms with E-state index >= 15 is 0 Å². The Labute approximate surface area is 183 Å². The van der Waals surface area contributed by atoms with Gasteiger partial charge in [0.25, 0.3) is 5.91 Å². The van der Waals surface area contributed by atoms with Crippen molar-refractivity contribution < 1.29 is 14.3 Å². The van der Waals surface area contributed by atoms with Crippen LogP contribution in [0.3, 0.4) is 0 Å². The Morgan fingerprint density at radius 1 is 1.00 bits per heavy atom. The van der Waals surface area contributed by atoms with E-state index < -0.39 is 0 Å². The van der Waals surface area contributed by atoms with Crippen LogP contribution in [0.1, 0.15) is 42.0 Å². The predicted molar refractivity (Wildman–Crippen MR) is 124 cm³/mol. The van der Waals surface area contributed by atoms with Crippen molar-refractivity contribution in [3.05, 3.63) is 95.1 Å². The molecule has 0 bridgehead atoms. The van der Waals surface area contributed by atoms with Gasteiger partial charge in [-0.05, 0) is 65.4 Å². The van der Waals surface area contributed by atoms with Gasteiger partial charge in [-0.1, -0.05) is 56.3 Å². The summed E-state index contributed by atoms with van der Waals surface area (Å²) in [6.07, 6.45) is 1.59. The molecule has 3 aromatic carbocycles. The SMILES string of the molecule is Cc1ccc(C(C)C)c(OCC(=O)N/N=C/c2ccc(OCc3ccccc3)cc2)c1. The van der Waals surface area contributed by atoms with Crippen LogP contribution >= 0.6 is 0 Å². The standard InChI is InChI=1S/C26H28N2O3/c1-19(2)24-14-9-20(3)15-25(24)31-18-26(29)28-27-16-21-10-12-23(13-11-21)30-17-22-7-5-4-6-8-22/h4-16,19H,17-18H2,1-3H3,(H,28,29)/b27-16+. The third kappa shape index (κ3) is 7.00. The van der Waals surface area contributed by atoms with E-state index in [-0.39, 0.29) is 12.5 Å². The van der Waals surface area contributed by atoms with Crippen molar-refractivity contribution in [3.8, 4) is 11.5 Å². The van der Waals surface area contributed by atoms with Crippen LogP contribution in [0.25, 0.3) is 0 Å². The first kappa shape index (κ1) is 22.1. The Hall–Kier alpha value is -3.60. The average Bonchev–Trinajstić information content (AvgIpc) is 2.77. The summed E-state index contributed by atoms with van der Waals surface area (Å²) in [4.78, 5) is 12.1. The molecule has 0 aliphatic heterocycles. The zero-order valence-corrected chi connectivity index (χ0v) is 18.2. The summed E-state index contributed by atoms with van der Waals surface area (Å²) in [5.74, 6) is 1.52. The molecule has 0 radical (unpaired) electrons. The number of carbonyl (C=O) groups excluding carboxylic acids is 1. The van der Waals surface area contributed by atoms with Gasteiger partial charge in [0.05, 0.1) is 6.21 Å². The Bertz CT molecular complexity index is 1010. The van der Waals surface area contributed by atoms with Gasteiger partial charge in [-0.3, -0.25) is 4.79 Å². The maximum absolute atomic E-state index is 12.1. The first-order valence-corrected chi connectivity index (χ1v) is 10.3. The fraction of sp³-hybridized carbons (Fsp3) is 0.231. The molecule has 1 amide bonds. The van der Waals surface area contributed by atoms with E-state index in [1.165, 1.54) is 0 Å². The number of rotatable bonds is 9. The summed E-state index contributed by atoms with van der Waals surface area (Å²) in [5, 5.41) is 4.01. The fourth-order valence-electron chi connectivity index (χ4n) is 2.99. The molecule has 3 rings (SSSR count). The second-order valence-electron chi connectivity index (χ2n) is 7.62. The molecule has 0 heterocycles. The molecule has 0 aliphatic rings. The zero-order chi connectivity index (χ0) is 22.1. The van der Waals surface area contributed by atoms with Crippen LogP contribution in [0, 0.1) is 6.92 Å². The maximum atomic E-state index is 12.1. The van der Waals surface area contributed by atoms with Crippen LogP contribution in [0.15, 0.2) is 77.9 Å². The number of benzene rings is 3. The minimum absolute atomic E-state index is 0.0905. The van der Waals surface area contributed by atoms with Crippen LogP contribution in [-0.2, 0) is 11.4 Å². The Morgan fingerprint density at radius 3 is 2.45 bits per heavy atom. The molecule has 3 aromatic rings. The van der Waals surface area contributed by atoms with Gasteiger partial charge >= 0.3 is 0 Å². The smallest absolute Gasteiger partial charge is 0.277 e. The topological polar surface area (TPSA) is 59.9 Å². The maximum Gasteiger partial charge on any atom is 0.277 e. The average molecular weight is 417 g/mol. The van der Waals surface area contributed by atoms with Crippen molar-refractivity contribution in [1.29, 1.82) is 0 Å². The highest BCUT2D eigenvalue weighted by atomic mass is 16.5. The van der Waals surface area contributed by atoms with Gasteiger partial charge in [0.2, 0.25) is 0 Å². The number of hydrogen-bond donors (Lipinski definition) is 1. The highest BCUT2D eigenvalue weighted by molar-refractivity contribution is 5.83. The monoisotopic (exact) mass is 416 g/mol. The number of carbonyl (C=O) groups is 1. The van der Waals surface area contributed by atoms with Crippen molar-refractivity contribution >= 4 is 12.1 Å². The van der Waals surface area contributed by atoms with E-state index in [1.807, 2.05) is 79.7 Å². The summed E-state index contributed by atoms with van der Waals surface area (Å²) < 4.78 is 11.5. The van der Waals surface area contributed by atoms with E-state index in [0.717, 1.165) is 33.8 Å². The number of amides is 1. The molecule has 0 aromatic heterocycles. The molecule has 0 spiro atoms. The molecule has 0 saturated carbocycles. The predicted octanol–water partition coefficient (Wildman–Crippen LogP) is 5.23. The van der Waals surface area contributed by atoms with E-state index in [4.69, 9.17) is 9.47 Å². The van der Waals surface area contributed by atoms with Crippen molar-refractivity contribution in [2.75, 3.05) is 6.61 Å². The molecular formula is C26H28N2O3. The zero-order valence-electron chi connectivity index (χ0n) is 18.2. The molecule has 0 aliphatic carbocycles. The lowest BCUT2D eigenvalue weighted by atomic mass is 10.0. The molecule has 0 unspecified atom stereocenters. The number of hydrogen-bond acceptors (Lipinski definition) is 4. The highest BCUT2D eigenvalue weighted by Gasteiger charge is 2.10. The van der Waals surface area contributed by atoms with Crippen LogP contribution in [0.5, 0.6) is 11.5 Å². The van der Waals surface area contributed by atoms with Gasteiger partial charge in [-0.15, -0.1) is 0 Å². The van der Waals surface area contributed by atoms with Crippen LogP contribution in [0.2, 0.25) is 0 Å². The van der Waals surface area contributed by atoms with Gasteiger partial charge < -0.3 is 9.47 Å². The molecule has 5 heteroatoms. The largest absolute Gasteiger partial charge is 0.489 e. The Kier molecular flexibility index (Phi) is 7.82. The lowest BCUT2D eigenvalue weighted by molar-refractivity contribution is -0.123. The van der Waals surface area contributed by atoms with E-state index in [0.29, 0.717) is 12.5 Å². The second kappa shape index (κ2) is 11.0. The lowest BCUT2D eigenvalue weighted by Crippen LogP contribution is -2.25. The minimum Gasteiger partial charge on any atom is -0.489 e. The van der Waals surface area contributed by atoms with Gasteiger partial charge in [0.1, 0.15) is 18.1 Å². The lowest BCUT2D eigenvalue weighted by Gasteiger charge is -2.14. The minimum atomic E-state index is -0.310. The molecule has 5 nitrogen and oxygen atoms in total. The van der Waals surface area contributed by atoms with Crippen molar-refractivity contribution in [2.45, 2.75) is 33.3 Å². The number of ether oxygens (including phenoxy) is 2. The molecule has 0 fully saturated rings. The first-order valence-electron chi connectivity index (χ1n) is 10.3. The van der Waals surface area contributed by atoms with Crippen molar-refractivity contribution in [3.63, 3.8) is 0 Å². The van der Waals surface area contributed by atoms with Crippen molar-refractivity contribution in [2.24, 2.45) is 5.10 Å². The van der Waals surface area contributed by atoms with Gasteiger partial charge in [0.15, 0.2) is 6.61 Å². The first-order chi connectivity index (χ1) is 15.0. The van der Waals surface area contributed by atoms with E-state index in [1.54, 1.807) is 6.21 Å². The third-order valence-electron chi connectivity index (χ3n) is 4.68. The van der Waals surface area contributed by atoms with Gasteiger partial charge in [-0.2, -0.15) is 5.10 Å². The third-order valence-corrected chi connectivity index (χ3v) is 4.68. The Morgan fingerprint density at radius 2 is 1.74 bits per heavy atom. The summed E-state index contributed by atoms with van der Waals surface area (Å²) in [7, 11) is 0. The fourth-order valence-corrected chi connectivity index (χ4v) is 2.99. The Balaban J connectivity index is 1.46. The molecule has 160 valence electrons. The molecule has 31 heavy (non-hydrogen) atoms. The van der Waals surface area contributed by atoms with E-state index in [9.17, 15) is 4.79 Å². The summed E-state index contributed by atoms with van der Waals surface area (Å²) in [6.45, 7) is 6.62. The number of aryl methyl sites for hydroxylation is 1. The molecule has 0 atom stereocenters. The molecule has 0 saturated heterocycles. The number of nitrogens with zero attached hydrogens (tertiary/aromatic N) is 1.